The minimum atomic E-state index is -0.206. The van der Waals surface area contributed by atoms with Crippen LogP contribution in [0.4, 0.5) is 4.39 Å². The van der Waals surface area contributed by atoms with Crippen molar-refractivity contribution in [1.82, 2.24) is 19.4 Å². The van der Waals surface area contributed by atoms with Crippen LogP contribution < -0.4 is 0 Å². The van der Waals surface area contributed by atoms with Gasteiger partial charge in [0, 0.05) is 45.7 Å². The third kappa shape index (κ3) is 4.39. The quantitative estimate of drug-likeness (QED) is 0.682. The maximum atomic E-state index is 13.1. The largest absolute Gasteiger partial charge is 0.341 e. The van der Waals surface area contributed by atoms with Gasteiger partial charge in [-0.2, -0.15) is 0 Å². The Morgan fingerprint density at radius 2 is 1.82 bits per heavy atom. The first kappa shape index (κ1) is 18.6. The number of rotatable bonds is 5. The third-order valence-electron chi connectivity index (χ3n) is 5.35. The lowest BCUT2D eigenvalue weighted by Gasteiger charge is -2.22. The number of benzene rings is 2. The lowest BCUT2D eigenvalue weighted by Crippen LogP contribution is -2.35. The van der Waals surface area contributed by atoms with Gasteiger partial charge in [-0.05, 0) is 36.2 Å². The summed E-state index contributed by atoms with van der Waals surface area (Å²) < 4.78 is 15.1. The Hall–Kier alpha value is -2.73. The zero-order valence-electron chi connectivity index (χ0n) is 15.9. The molecule has 6 heteroatoms. The number of halogens is 1. The average Bonchev–Trinajstić information content (AvgIpc) is 2.98. The summed E-state index contributed by atoms with van der Waals surface area (Å²) in [4.78, 5) is 21.4. The van der Waals surface area contributed by atoms with E-state index in [2.05, 4.69) is 9.88 Å². The highest BCUT2D eigenvalue weighted by Gasteiger charge is 2.19. The third-order valence-corrected chi connectivity index (χ3v) is 5.35. The van der Waals surface area contributed by atoms with Gasteiger partial charge >= 0.3 is 0 Å². The van der Waals surface area contributed by atoms with Crippen molar-refractivity contribution in [3.63, 3.8) is 0 Å². The monoisotopic (exact) mass is 380 g/mol. The van der Waals surface area contributed by atoms with Crippen LogP contribution in [0.2, 0.25) is 0 Å². The Morgan fingerprint density at radius 3 is 2.68 bits per heavy atom. The summed E-state index contributed by atoms with van der Waals surface area (Å²) in [5, 5.41) is 0. The van der Waals surface area contributed by atoms with Crippen molar-refractivity contribution in [3.8, 4) is 0 Å². The zero-order valence-corrected chi connectivity index (χ0v) is 15.9. The van der Waals surface area contributed by atoms with Crippen LogP contribution in [0.25, 0.3) is 11.0 Å². The predicted octanol–water partition coefficient (Wildman–Crippen LogP) is 3.30. The number of fused-ring (bicyclic) bond motifs is 1. The predicted molar refractivity (Wildman–Crippen MR) is 107 cm³/mol. The van der Waals surface area contributed by atoms with Gasteiger partial charge in [0.1, 0.15) is 5.82 Å². The molecule has 0 spiro atoms. The van der Waals surface area contributed by atoms with Crippen LogP contribution in [0, 0.1) is 5.82 Å². The molecule has 0 aliphatic carbocycles. The molecule has 28 heavy (non-hydrogen) atoms. The van der Waals surface area contributed by atoms with Gasteiger partial charge < -0.3 is 9.47 Å². The molecule has 1 saturated heterocycles. The molecule has 2 heterocycles. The van der Waals surface area contributed by atoms with Crippen molar-refractivity contribution < 1.29 is 9.18 Å². The number of nitrogens with zero attached hydrogens (tertiary/aromatic N) is 4. The molecular formula is C22H25FN4O. The number of carbonyl (C=O) groups is 1. The highest BCUT2D eigenvalue weighted by Crippen LogP contribution is 2.14. The van der Waals surface area contributed by atoms with Crippen LogP contribution in [0.1, 0.15) is 18.4 Å². The SMILES string of the molecule is O=C(CCn1cnc2ccccc21)N1CCCN(Cc2ccc(F)cc2)CC1. The number of carbonyl (C=O) groups excluding carboxylic acids is 1. The molecule has 1 fully saturated rings. The Labute approximate surface area is 164 Å². The number of imidazole rings is 1. The van der Waals surface area contributed by atoms with E-state index in [0.29, 0.717) is 13.0 Å². The van der Waals surface area contributed by atoms with Gasteiger partial charge in [-0.3, -0.25) is 9.69 Å². The number of para-hydroxylation sites is 2. The maximum Gasteiger partial charge on any atom is 0.224 e. The van der Waals surface area contributed by atoms with Crippen molar-refractivity contribution >= 4 is 16.9 Å². The molecule has 0 N–H and O–H groups in total. The Morgan fingerprint density at radius 1 is 1.00 bits per heavy atom. The second kappa shape index (κ2) is 8.52. The number of hydrogen-bond acceptors (Lipinski definition) is 3. The normalized spacial score (nSPS) is 15.7. The fraction of sp³-hybridized carbons (Fsp3) is 0.364. The van der Waals surface area contributed by atoms with Gasteiger partial charge in [-0.1, -0.05) is 24.3 Å². The number of aromatic nitrogens is 2. The van der Waals surface area contributed by atoms with E-state index in [4.69, 9.17) is 0 Å². The molecular weight excluding hydrogens is 355 g/mol. The van der Waals surface area contributed by atoms with Crippen molar-refractivity contribution in [1.29, 1.82) is 0 Å². The number of hydrogen-bond donors (Lipinski definition) is 0. The summed E-state index contributed by atoms with van der Waals surface area (Å²) in [5.74, 6) is -0.0107. The topological polar surface area (TPSA) is 41.4 Å². The van der Waals surface area contributed by atoms with Crippen molar-refractivity contribution in [3.05, 3.63) is 66.2 Å². The van der Waals surface area contributed by atoms with E-state index in [9.17, 15) is 9.18 Å². The molecule has 0 saturated carbocycles. The minimum Gasteiger partial charge on any atom is -0.341 e. The van der Waals surface area contributed by atoms with E-state index in [1.807, 2.05) is 52.2 Å². The van der Waals surface area contributed by atoms with E-state index >= 15 is 0 Å². The fourth-order valence-electron chi connectivity index (χ4n) is 3.79. The van der Waals surface area contributed by atoms with Crippen LogP contribution in [-0.4, -0.2) is 51.4 Å². The summed E-state index contributed by atoms with van der Waals surface area (Å²) in [6.45, 7) is 4.77. The highest BCUT2D eigenvalue weighted by molar-refractivity contribution is 5.77. The van der Waals surface area contributed by atoms with Crippen molar-refractivity contribution in [2.75, 3.05) is 26.2 Å². The van der Waals surface area contributed by atoms with Gasteiger partial charge in [0.15, 0.2) is 0 Å². The standard InChI is InChI=1S/C22H25FN4O/c23-19-8-6-18(7-9-19)16-25-11-3-12-26(15-14-25)22(28)10-13-27-17-24-20-4-1-2-5-21(20)27/h1-2,4-9,17H,3,10-16H2. The minimum absolute atomic E-state index is 0.196. The van der Waals surface area contributed by atoms with Crippen LogP contribution in [-0.2, 0) is 17.9 Å². The Bertz CT molecular complexity index is 937. The summed E-state index contributed by atoms with van der Waals surface area (Å²) >= 11 is 0. The van der Waals surface area contributed by atoms with Crippen molar-refractivity contribution in [2.45, 2.75) is 25.9 Å². The van der Waals surface area contributed by atoms with E-state index in [-0.39, 0.29) is 11.7 Å². The molecule has 1 aliphatic heterocycles. The van der Waals surface area contributed by atoms with E-state index < -0.39 is 0 Å². The summed E-state index contributed by atoms with van der Waals surface area (Å²) in [5.41, 5.74) is 3.13. The lowest BCUT2D eigenvalue weighted by atomic mass is 10.2. The van der Waals surface area contributed by atoms with Crippen LogP contribution in [0.5, 0.6) is 0 Å². The molecule has 5 nitrogen and oxygen atoms in total. The zero-order chi connectivity index (χ0) is 19.3. The van der Waals surface area contributed by atoms with Crippen LogP contribution in [0.15, 0.2) is 54.9 Å². The molecule has 3 aromatic rings. The summed E-state index contributed by atoms with van der Waals surface area (Å²) in [7, 11) is 0. The first-order valence-electron chi connectivity index (χ1n) is 9.83. The van der Waals surface area contributed by atoms with Crippen molar-refractivity contribution in [2.24, 2.45) is 0 Å². The molecule has 0 unspecified atom stereocenters. The van der Waals surface area contributed by atoms with Crippen LogP contribution >= 0.6 is 0 Å². The second-order valence-corrected chi connectivity index (χ2v) is 7.31. The molecule has 1 aliphatic rings. The molecule has 1 aromatic heterocycles. The molecule has 0 bridgehead atoms. The van der Waals surface area contributed by atoms with Gasteiger partial charge in [0.2, 0.25) is 5.91 Å². The van der Waals surface area contributed by atoms with E-state index in [1.54, 1.807) is 0 Å². The number of aryl methyl sites for hydroxylation is 1. The first-order chi connectivity index (χ1) is 13.7. The molecule has 0 radical (unpaired) electrons. The smallest absolute Gasteiger partial charge is 0.224 e. The summed E-state index contributed by atoms with van der Waals surface area (Å²) in [6, 6.07) is 14.7. The van der Waals surface area contributed by atoms with Gasteiger partial charge in [-0.25, -0.2) is 9.37 Å². The van der Waals surface area contributed by atoms with E-state index in [1.165, 1.54) is 12.1 Å². The second-order valence-electron chi connectivity index (χ2n) is 7.31. The lowest BCUT2D eigenvalue weighted by molar-refractivity contribution is -0.131. The molecule has 2 aromatic carbocycles. The number of amides is 1. The average molecular weight is 380 g/mol. The Balaban J connectivity index is 1.30. The van der Waals surface area contributed by atoms with Gasteiger partial charge in [0.05, 0.1) is 17.4 Å². The molecule has 1 amide bonds. The molecule has 146 valence electrons. The van der Waals surface area contributed by atoms with Gasteiger partial charge in [-0.15, -0.1) is 0 Å². The molecule has 0 atom stereocenters. The highest BCUT2D eigenvalue weighted by atomic mass is 19.1. The summed E-state index contributed by atoms with van der Waals surface area (Å²) in [6.07, 6.45) is 3.25. The van der Waals surface area contributed by atoms with Gasteiger partial charge in [0.25, 0.3) is 0 Å². The first-order valence-corrected chi connectivity index (χ1v) is 9.83. The Kier molecular flexibility index (Phi) is 5.67. The maximum absolute atomic E-state index is 13.1. The fourth-order valence-corrected chi connectivity index (χ4v) is 3.79. The van der Waals surface area contributed by atoms with E-state index in [0.717, 1.165) is 55.7 Å². The molecule has 4 rings (SSSR count). The van der Waals surface area contributed by atoms with Crippen LogP contribution in [0.3, 0.4) is 0 Å².